The van der Waals surface area contributed by atoms with E-state index in [1.807, 2.05) is 0 Å². The Hall–Kier alpha value is -6.30. The molecule has 0 fully saturated rings. The average Bonchev–Trinajstić information content (AvgIpc) is 3.89. The smallest absolute Gasteiger partial charge is 0.236 e. The zero-order chi connectivity index (χ0) is 31.8. The van der Waals surface area contributed by atoms with Gasteiger partial charge in [0.2, 0.25) is 5.95 Å². The zero-order valence-electron chi connectivity index (χ0n) is 26.1. The van der Waals surface area contributed by atoms with E-state index in [0.29, 0.717) is 5.95 Å². The Morgan fingerprint density at radius 1 is 0.449 bits per heavy atom. The Morgan fingerprint density at radius 2 is 1.08 bits per heavy atom. The Balaban J connectivity index is 1.29. The Kier molecular flexibility index (Phi) is 4.83. The predicted octanol–water partition coefficient (Wildman–Crippen LogP) is 11.9. The van der Waals surface area contributed by atoms with Crippen LogP contribution in [0.1, 0.15) is 0 Å². The lowest BCUT2D eigenvalue weighted by molar-refractivity contribution is 1.02. The van der Waals surface area contributed by atoms with Crippen molar-refractivity contribution >= 4 is 102 Å². The number of fused-ring (bicyclic) bond motifs is 14. The van der Waals surface area contributed by atoms with E-state index in [0.717, 1.165) is 32.5 Å². The van der Waals surface area contributed by atoms with E-state index in [4.69, 9.17) is 9.97 Å². The Morgan fingerprint density at radius 3 is 1.92 bits per heavy atom. The van der Waals surface area contributed by atoms with Crippen LogP contribution in [0.25, 0.3) is 108 Å². The monoisotopic (exact) mass is 640 g/mol. The fourth-order valence-corrected chi connectivity index (χ4v) is 9.49. The highest BCUT2D eigenvalue weighted by Gasteiger charge is 2.26. The van der Waals surface area contributed by atoms with Crippen LogP contribution in [-0.4, -0.2) is 18.9 Å². The molecule has 0 saturated heterocycles. The summed E-state index contributed by atoms with van der Waals surface area (Å²) in [5.74, 6) is 0.691. The molecule has 12 rings (SSSR count). The SMILES string of the molecule is c1ccc2cc(-c3nc(-n4c5ccccc5c5cc6c7ccccc7n7c8ccccc8c(c54)c67)nc4sc5ccccc5c34)ccc2c1. The first kappa shape index (κ1) is 25.7. The molecule has 5 heteroatoms. The first-order valence-corrected chi connectivity index (χ1v) is 17.4. The molecule has 0 amide bonds. The van der Waals surface area contributed by atoms with E-state index in [1.54, 1.807) is 11.3 Å². The van der Waals surface area contributed by atoms with Crippen LogP contribution in [0.15, 0.2) is 146 Å². The van der Waals surface area contributed by atoms with Crippen LogP contribution in [0.3, 0.4) is 0 Å². The van der Waals surface area contributed by atoms with Gasteiger partial charge in [-0.25, -0.2) is 9.97 Å². The molecule has 0 aliphatic rings. The predicted molar refractivity (Wildman–Crippen MR) is 207 cm³/mol. The Bertz CT molecular complexity index is 3340. The average molecular weight is 641 g/mol. The summed E-state index contributed by atoms with van der Waals surface area (Å²) in [6.45, 7) is 0. The van der Waals surface area contributed by atoms with Crippen molar-refractivity contribution in [2.24, 2.45) is 0 Å². The number of aromatic nitrogens is 4. The number of para-hydroxylation sites is 3. The maximum atomic E-state index is 5.57. The molecule has 5 heterocycles. The molecule has 49 heavy (non-hydrogen) atoms. The molecule has 0 aliphatic heterocycles. The van der Waals surface area contributed by atoms with Gasteiger partial charge in [0, 0.05) is 53.4 Å². The lowest BCUT2D eigenvalue weighted by Gasteiger charge is -2.11. The van der Waals surface area contributed by atoms with Crippen LogP contribution in [-0.2, 0) is 0 Å². The van der Waals surface area contributed by atoms with Gasteiger partial charge in [0.25, 0.3) is 0 Å². The minimum Gasteiger partial charge on any atom is -0.308 e. The summed E-state index contributed by atoms with van der Waals surface area (Å²) < 4.78 is 6.00. The molecule has 0 atom stereocenters. The first-order chi connectivity index (χ1) is 24.3. The molecule has 226 valence electrons. The lowest BCUT2D eigenvalue weighted by atomic mass is 10.0. The molecule has 0 N–H and O–H groups in total. The molecule has 0 radical (unpaired) electrons. The number of benzene rings is 7. The van der Waals surface area contributed by atoms with Crippen molar-refractivity contribution in [1.82, 2.24) is 18.9 Å². The number of nitrogens with zero attached hydrogens (tertiary/aromatic N) is 4. The second-order valence-electron chi connectivity index (χ2n) is 13.0. The summed E-state index contributed by atoms with van der Waals surface area (Å²) in [7, 11) is 0. The molecule has 12 aromatic rings. The number of rotatable bonds is 2. The number of hydrogen-bond donors (Lipinski definition) is 0. The van der Waals surface area contributed by atoms with Gasteiger partial charge in [0.05, 0.1) is 33.3 Å². The van der Waals surface area contributed by atoms with E-state index in [1.165, 1.54) is 69.7 Å². The third kappa shape index (κ3) is 3.27. The molecule has 0 spiro atoms. The van der Waals surface area contributed by atoms with Crippen molar-refractivity contribution in [3.63, 3.8) is 0 Å². The van der Waals surface area contributed by atoms with E-state index >= 15 is 0 Å². The van der Waals surface area contributed by atoms with Gasteiger partial charge < -0.3 is 4.40 Å². The van der Waals surface area contributed by atoms with Crippen LogP contribution in [0, 0.1) is 0 Å². The van der Waals surface area contributed by atoms with E-state index in [-0.39, 0.29) is 0 Å². The van der Waals surface area contributed by atoms with Gasteiger partial charge in [0.1, 0.15) is 4.83 Å². The third-order valence-electron chi connectivity index (χ3n) is 10.5. The molecule has 4 nitrogen and oxygen atoms in total. The molecule has 0 unspecified atom stereocenters. The van der Waals surface area contributed by atoms with Crippen molar-refractivity contribution in [2.45, 2.75) is 0 Å². The number of hydrogen-bond acceptors (Lipinski definition) is 3. The maximum Gasteiger partial charge on any atom is 0.236 e. The standard InChI is InChI=1S/C44H24N4S/c1-2-12-26-23-27(22-21-25(26)11-1)40-38-31-16-6-10-20-37(31)49-43(38)46-44(45-40)48-35-18-8-4-14-29(35)33-24-32-28-13-3-7-17-34(28)47-36-19-9-5-15-30(36)39(41(32)47)42(33)48/h1-24H. The second-order valence-corrected chi connectivity index (χ2v) is 14.0. The molecule has 0 saturated carbocycles. The summed E-state index contributed by atoms with van der Waals surface area (Å²) in [6, 6.07) is 52.6. The molecular weight excluding hydrogens is 617 g/mol. The van der Waals surface area contributed by atoms with Crippen molar-refractivity contribution in [2.75, 3.05) is 0 Å². The normalized spacial score (nSPS) is 12.5. The van der Waals surface area contributed by atoms with Crippen LogP contribution >= 0.6 is 11.3 Å². The largest absolute Gasteiger partial charge is 0.308 e. The van der Waals surface area contributed by atoms with Crippen LogP contribution in [0.2, 0.25) is 0 Å². The van der Waals surface area contributed by atoms with E-state index < -0.39 is 0 Å². The highest BCUT2D eigenvalue weighted by atomic mass is 32.1. The molecular formula is C44H24N4S. The fourth-order valence-electron chi connectivity index (χ4n) is 8.42. The number of thiophene rings is 1. The van der Waals surface area contributed by atoms with Gasteiger partial charge in [-0.2, -0.15) is 0 Å². The molecule has 7 aromatic carbocycles. The Labute approximate surface area is 283 Å². The van der Waals surface area contributed by atoms with Gasteiger partial charge >= 0.3 is 0 Å². The van der Waals surface area contributed by atoms with Gasteiger partial charge in [0.15, 0.2) is 0 Å². The zero-order valence-corrected chi connectivity index (χ0v) is 26.9. The van der Waals surface area contributed by atoms with E-state index in [2.05, 4.69) is 155 Å². The van der Waals surface area contributed by atoms with Crippen molar-refractivity contribution in [3.05, 3.63) is 146 Å². The lowest BCUT2D eigenvalue weighted by Crippen LogP contribution is -2.03. The van der Waals surface area contributed by atoms with E-state index in [9.17, 15) is 0 Å². The third-order valence-corrected chi connectivity index (χ3v) is 11.5. The highest BCUT2D eigenvalue weighted by Crippen LogP contribution is 2.47. The maximum absolute atomic E-state index is 5.57. The summed E-state index contributed by atoms with van der Waals surface area (Å²) in [4.78, 5) is 12.0. The quantitative estimate of drug-likeness (QED) is 0.188. The molecule has 5 aromatic heterocycles. The van der Waals surface area contributed by atoms with Gasteiger partial charge in [-0.05, 0) is 47.2 Å². The van der Waals surface area contributed by atoms with Gasteiger partial charge in [-0.15, -0.1) is 11.3 Å². The van der Waals surface area contributed by atoms with Crippen molar-refractivity contribution in [1.29, 1.82) is 0 Å². The minimum atomic E-state index is 0.691. The highest BCUT2D eigenvalue weighted by molar-refractivity contribution is 7.25. The fraction of sp³-hybridized carbons (Fsp3) is 0. The summed E-state index contributed by atoms with van der Waals surface area (Å²) >= 11 is 1.74. The topological polar surface area (TPSA) is 35.1 Å². The van der Waals surface area contributed by atoms with Crippen LogP contribution < -0.4 is 0 Å². The van der Waals surface area contributed by atoms with Crippen molar-refractivity contribution < 1.29 is 0 Å². The van der Waals surface area contributed by atoms with Crippen LogP contribution in [0.4, 0.5) is 0 Å². The van der Waals surface area contributed by atoms with Gasteiger partial charge in [-0.1, -0.05) is 109 Å². The summed E-state index contributed by atoms with van der Waals surface area (Å²) in [5, 5.41) is 12.2. The molecule has 0 bridgehead atoms. The first-order valence-electron chi connectivity index (χ1n) is 16.6. The second kappa shape index (κ2) is 9.19. The van der Waals surface area contributed by atoms with Crippen LogP contribution in [0.5, 0.6) is 0 Å². The molecule has 0 aliphatic carbocycles. The summed E-state index contributed by atoms with van der Waals surface area (Å²) in [5.41, 5.74) is 7.99. The minimum absolute atomic E-state index is 0.691. The van der Waals surface area contributed by atoms with Crippen molar-refractivity contribution in [3.8, 4) is 17.2 Å². The van der Waals surface area contributed by atoms with Gasteiger partial charge in [-0.3, -0.25) is 4.57 Å². The summed E-state index contributed by atoms with van der Waals surface area (Å²) in [6.07, 6.45) is 0.